The molecule has 1 fully saturated rings. The van der Waals surface area contributed by atoms with Gasteiger partial charge in [-0.15, -0.1) is 0 Å². The number of methoxy groups -OCH3 is 1. The van der Waals surface area contributed by atoms with Crippen LogP contribution in [-0.2, 0) is 15.9 Å². The molecule has 0 atom stereocenters. The Morgan fingerprint density at radius 2 is 2.04 bits per heavy atom. The Kier molecular flexibility index (Phi) is 5.37. The van der Waals surface area contributed by atoms with Crippen molar-refractivity contribution in [2.75, 3.05) is 21.0 Å². The highest BCUT2D eigenvalue weighted by molar-refractivity contribution is 5.83. The van der Waals surface area contributed by atoms with Crippen LogP contribution in [0.5, 0.6) is 5.75 Å². The van der Waals surface area contributed by atoms with Crippen molar-refractivity contribution >= 4 is 10.9 Å². The molecular weight excluding hydrogens is 340 g/mol. The van der Waals surface area contributed by atoms with Crippen LogP contribution in [0.4, 0.5) is 0 Å². The van der Waals surface area contributed by atoms with Crippen molar-refractivity contribution in [1.29, 1.82) is 0 Å². The molecule has 0 radical (unpaired) electrons. The van der Waals surface area contributed by atoms with Crippen LogP contribution in [0.2, 0.25) is 0 Å². The quantitative estimate of drug-likeness (QED) is 0.753. The van der Waals surface area contributed by atoms with Gasteiger partial charge in [0.1, 0.15) is 12.0 Å². The minimum Gasteiger partial charge on any atom is -0.497 e. The van der Waals surface area contributed by atoms with E-state index in [1.807, 2.05) is 18.3 Å². The average molecular weight is 368 g/mol. The van der Waals surface area contributed by atoms with E-state index >= 15 is 0 Å². The summed E-state index contributed by atoms with van der Waals surface area (Å²) in [5.41, 5.74) is 2.42. The first-order valence-electron chi connectivity index (χ1n) is 9.83. The number of nitrogens with zero attached hydrogens (tertiary/aromatic N) is 2. The molecule has 2 aromatic rings. The van der Waals surface area contributed by atoms with Crippen LogP contribution in [0, 0.1) is 5.92 Å². The van der Waals surface area contributed by atoms with Gasteiger partial charge in [0.15, 0.2) is 0 Å². The van der Waals surface area contributed by atoms with Crippen molar-refractivity contribution in [2.24, 2.45) is 5.92 Å². The first-order valence-corrected chi connectivity index (χ1v) is 9.83. The van der Waals surface area contributed by atoms with Gasteiger partial charge < -0.3 is 19.1 Å². The number of aromatic nitrogens is 1. The molecule has 5 nitrogen and oxygen atoms in total. The lowest BCUT2D eigenvalue weighted by atomic mass is 9.82. The van der Waals surface area contributed by atoms with Crippen molar-refractivity contribution in [3.8, 4) is 5.75 Å². The summed E-state index contributed by atoms with van der Waals surface area (Å²) in [5.74, 6) is 2.56. The molecule has 144 valence electrons. The molecule has 0 saturated heterocycles. The van der Waals surface area contributed by atoms with Crippen LogP contribution >= 0.6 is 0 Å². The third kappa shape index (κ3) is 3.97. The Hall–Kier alpha value is -2.43. The zero-order valence-electron chi connectivity index (χ0n) is 16.2. The van der Waals surface area contributed by atoms with Gasteiger partial charge in [0.05, 0.1) is 12.6 Å². The fraction of sp³-hybridized carbons (Fsp3) is 0.500. The monoisotopic (exact) mass is 368 g/mol. The van der Waals surface area contributed by atoms with E-state index in [1.165, 1.54) is 43.1 Å². The van der Waals surface area contributed by atoms with Gasteiger partial charge in [0.2, 0.25) is 12.7 Å². The predicted molar refractivity (Wildman–Crippen MR) is 105 cm³/mol. The largest absolute Gasteiger partial charge is 0.497 e. The molecule has 2 aliphatic rings. The predicted octanol–water partition coefficient (Wildman–Crippen LogP) is 4.47. The van der Waals surface area contributed by atoms with Gasteiger partial charge in [0, 0.05) is 24.7 Å². The number of rotatable bonds is 6. The number of ether oxygens (including phenoxy) is 3. The highest BCUT2D eigenvalue weighted by atomic mass is 16.7. The summed E-state index contributed by atoms with van der Waals surface area (Å²) >= 11 is 0. The molecule has 27 heavy (non-hydrogen) atoms. The zero-order chi connectivity index (χ0) is 18.6. The summed E-state index contributed by atoms with van der Waals surface area (Å²) in [6.07, 6.45) is 11.0. The van der Waals surface area contributed by atoms with Crippen molar-refractivity contribution in [2.45, 2.75) is 44.6 Å². The maximum Gasteiger partial charge on any atom is 0.232 e. The maximum atomic E-state index is 5.51. The standard InChI is InChI=1S/C22H28N2O3/c1-24(22-14-26-15-27-22)18-7-4-16(5-8-18)3-6-17-11-12-23-21-10-9-19(25-2)13-20(17)21/h9-14,16,18H,3-8,15H2,1-2H3. The number of aryl methyl sites for hydroxylation is 1. The van der Waals surface area contributed by atoms with Gasteiger partial charge in [-0.1, -0.05) is 0 Å². The summed E-state index contributed by atoms with van der Waals surface area (Å²) in [7, 11) is 3.83. The molecule has 1 aliphatic carbocycles. The first-order chi connectivity index (χ1) is 13.2. The maximum absolute atomic E-state index is 5.51. The van der Waals surface area contributed by atoms with Crippen molar-refractivity contribution in [1.82, 2.24) is 9.88 Å². The molecule has 1 saturated carbocycles. The molecule has 1 aliphatic heterocycles. The van der Waals surface area contributed by atoms with E-state index in [9.17, 15) is 0 Å². The fourth-order valence-corrected chi connectivity index (χ4v) is 4.31. The highest BCUT2D eigenvalue weighted by Gasteiger charge is 2.27. The van der Waals surface area contributed by atoms with Gasteiger partial charge >= 0.3 is 0 Å². The topological polar surface area (TPSA) is 43.8 Å². The lowest BCUT2D eigenvalue weighted by molar-refractivity contribution is 0.0381. The van der Waals surface area contributed by atoms with Crippen molar-refractivity contribution in [3.05, 3.63) is 48.2 Å². The van der Waals surface area contributed by atoms with Gasteiger partial charge in [-0.05, 0) is 74.3 Å². The van der Waals surface area contributed by atoms with E-state index in [0.29, 0.717) is 12.8 Å². The molecule has 0 amide bonds. The Bertz CT molecular complexity index is 812. The number of fused-ring (bicyclic) bond motifs is 1. The molecule has 0 N–H and O–H groups in total. The Morgan fingerprint density at radius 3 is 2.78 bits per heavy atom. The van der Waals surface area contributed by atoms with Crippen molar-refractivity contribution < 1.29 is 14.2 Å². The SMILES string of the molecule is COc1ccc2nccc(CCC3CCC(N(C)C4=COCO4)CC3)c2c1. The van der Waals surface area contributed by atoms with E-state index < -0.39 is 0 Å². The van der Waals surface area contributed by atoms with Gasteiger partial charge in [-0.25, -0.2) is 0 Å². The van der Waals surface area contributed by atoms with Gasteiger partial charge in [-0.3, -0.25) is 4.98 Å². The van der Waals surface area contributed by atoms with E-state index in [0.717, 1.165) is 29.5 Å². The second kappa shape index (κ2) is 8.07. The number of hydrogen-bond acceptors (Lipinski definition) is 5. The number of hydrogen-bond donors (Lipinski definition) is 0. The Labute approximate surface area is 160 Å². The minimum atomic E-state index is 0.347. The fourth-order valence-electron chi connectivity index (χ4n) is 4.31. The van der Waals surface area contributed by atoms with Crippen LogP contribution in [0.25, 0.3) is 10.9 Å². The highest BCUT2D eigenvalue weighted by Crippen LogP contribution is 2.33. The molecule has 0 bridgehead atoms. The summed E-state index contributed by atoms with van der Waals surface area (Å²) < 4.78 is 16.1. The Morgan fingerprint density at radius 1 is 1.19 bits per heavy atom. The molecule has 0 unspecified atom stereocenters. The molecule has 5 heteroatoms. The lowest BCUT2D eigenvalue weighted by Crippen LogP contribution is -2.34. The third-order valence-electron chi connectivity index (χ3n) is 6.03. The van der Waals surface area contributed by atoms with Gasteiger partial charge in [0.25, 0.3) is 0 Å². The third-order valence-corrected chi connectivity index (χ3v) is 6.03. The van der Waals surface area contributed by atoms with Crippen LogP contribution in [0.3, 0.4) is 0 Å². The van der Waals surface area contributed by atoms with Gasteiger partial charge in [-0.2, -0.15) is 0 Å². The first kappa shape index (κ1) is 18.0. The van der Waals surface area contributed by atoms with Crippen LogP contribution < -0.4 is 4.74 Å². The van der Waals surface area contributed by atoms with E-state index in [2.05, 4.69) is 29.1 Å². The molecule has 2 heterocycles. The van der Waals surface area contributed by atoms with Crippen LogP contribution in [-0.4, -0.2) is 36.9 Å². The zero-order valence-corrected chi connectivity index (χ0v) is 16.2. The molecular formula is C22H28N2O3. The van der Waals surface area contributed by atoms with Crippen molar-refractivity contribution in [3.63, 3.8) is 0 Å². The summed E-state index contributed by atoms with van der Waals surface area (Å²) in [6.45, 7) is 0.347. The van der Waals surface area contributed by atoms with E-state index in [-0.39, 0.29) is 0 Å². The number of benzene rings is 1. The van der Waals surface area contributed by atoms with E-state index in [4.69, 9.17) is 14.2 Å². The molecule has 0 spiro atoms. The molecule has 4 rings (SSSR count). The summed E-state index contributed by atoms with van der Waals surface area (Å²) in [6, 6.07) is 8.85. The van der Waals surface area contributed by atoms with E-state index in [1.54, 1.807) is 13.4 Å². The lowest BCUT2D eigenvalue weighted by Gasteiger charge is -2.35. The molecule has 1 aromatic heterocycles. The van der Waals surface area contributed by atoms with Crippen LogP contribution in [0.15, 0.2) is 42.6 Å². The smallest absolute Gasteiger partial charge is 0.232 e. The summed E-state index contributed by atoms with van der Waals surface area (Å²) in [4.78, 5) is 6.73. The minimum absolute atomic E-state index is 0.347. The normalized spacial score (nSPS) is 22.1. The number of pyridine rings is 1. The molecule has 1 aromatic carbocycles. The second-order valence-corrected chi connectivity index (χ2v) is 7.56. The van der Waals surface area contributed by atoms with Crippen LogP contribution in [0.1, 0.15) is 37.7 Å². The summed E-state index contributed by atoms with van der Waals surface area (Å²) in [5, 5.41) is 1.22. The average Bonchev–Trinajstić information content (AvgIpc) is 3.26. The second-order valence-electron chi connectivity index (χ2n) is 7.56. The Balaban J connectivity index is 1.34.